The van der Waals surface area contributed by atoms with E-state index < -0.39 is 40.4 Å². The second-order valence-electron chi connectivity index (χ2n) is 12.8. The molecule has 4 bridgehead atoms. The zero-order valence-electron chi connectivity index (χ0n) is 24.7. The van der Waals surface area contributed by atoms with Crippen LogP contribution in [0.3, 0.4) is 0 Å². The van der Waals surface area contributed by atoms with Crippen LogP contribution in [0.4, 0.5) is 0 Å². The van der Waals surface area contributed by atoms with Gasteiger partial charge in [0.15, 0.2) is 22.8 Å². The van der Waals surface area contributed by atoms with Crippen molar-refractivity contribution in [3.8, 4) is 17.2 Å². The predicted octanol–water partition coefficient (Wildman–Crippen LogP) is 5.54. The van der Waals surface area contributed by atoms with E-state index in [0.717, 1.165) is 11.1 Å². The van der Waals surface area contributed by atoms with Gasteiger partial charge in [0, 0.05) is 40.5 Å². The topological polar surface area (TPSA) is 130 Å². The lowest BCUT2D eigenvalue weighted by Crippen LogP contribution is -2.72. The van der Waals surface area contributed by atoms with Gasteiger partial charge in [0.1, 0.15) is 22.8 Å². The summed E-state index contributed by atoms with van der Waals surface area (Å²) in [6.07, 6.45) is 7.63. The van der Waals surface area contributed by atoms with Crippen molar-refractivity contribution in [3.63, 3.8) is 0 Å². The van der Waals surface area contributed by atoms with Gasteiger partial charge in [-0.25, -0.2) is 4.79 Å². The van der Waals surface area contributed by atoms with Crippen LogP contribution in [0.1, 0.15) is 82.8 Å². The van der Waals surface area contributed by atoms with E-state index in [0.29, 0.717) is 12.0 Å². The molecule has 1 aromatic rings. The lowest BCUT2D eigenvalue weighted by atomic mass is 9.51. The molecule has 0 unspecified atom stereocenters. The van der Waals surface area contributed by atoms with Crippen molar-refractivity contribution < 1.29 is 39.2 Å². The van der Waals surface area contributed by atoms with Gasteiger partial charge in [-0.15, -0.1) is 0 Å². The number of ether oxygens (including phenoxy) is 2. The van der Waals surface area contributed by atoms with Crippen LogP contribution in [-0.2, 0) is 27.2 Å². The molecule has 2 heterocycles. The van der Waals surface area contributed by atoms with E-state index in [4.69, 9.17) is 9.47 Å². The Morgan fingerprint density at radius 1 is 0.976 bits per heavy atom. The Morgan fingerprint density at radius 2 is 1.59 bits per heavy atom. The first-order valence-corrected chi connectivity index (χ1v) is 14.1. The second kappa shape index (κ2) is 9.44. The predicted molar refractivity (Wildman–Crippen MR) is 152 cm³/mol. The van der Waals surface area contributed by atoms with Gasteiger partial charge in [0.25, 0.3) is 0 Å². The summed E-state index contributed by atoms with van der Waals surface area (Å²) in [5, 5.41) is 32.5. The van der Waals surface area contributed by atoms with Crippen LogP contribution in [0.15, 0.2) is 46.6 Å². The summed E-state index contributed by atoms with van der Waals surface area (Å²) in [4.78, 5) is 40.2. The Hall–Kier alpha value is -3.65. The van der Waals surface area contributed by atoms with E-state index in [1.165, 1.54) is 13.0 Å². The Kier molecular flexibility index (Phi) is 6.65. The number of carboxylic acids is 1. The minimum absolute atomic E-state index is 0.0291. The molecule has 0 aromatic heterocycles. The molecule has 3 N–H and O–H groups in total. The van der Waals surface area contributed by atoms with Gasteiger partial charge in [-0.2, -0.15) is 0 Å². The molecule has 0 radical (unpaired) electrons. The number of carbonyl (C=O) groups is 3. The lowest BCUT2D eigenvalue weighted by Gasteiger charge is -2.56. The van der Waals surface area contributed by atoms with Crippen LogP contribution in [0, 0.1) is 11.8 Å². The third kappa shape index (κ3) is 3.94. The van der Waals surface area contributed by atoms with Crippen molar-refractivity contribution in [1.82, 2.24) is 0 Å². The van der Waals surface area contributed by atoms with Gasteiger partial charge in [-0.3, -0.25) is 9.59 Å². The van der Waals surface area contributed by atoms with E-state index in [9.17, 15) is 29.7 Å². The van der Waals surface area contributed by atoms with E-state index in [1.807, 2.05) is 53.7 Å². The molecule has 6 rings (SSSR count). The first-order valence-electron chi connectivity index (χ1n) is 14.1. The number of benzene rings is 1. The first kappa shape index (κ1) is 28.9. The summed E-state index contributed by atoms with van der Waals surface area (Å²) in [5.41, 5.74) is -1.27. The van der Waals surface area contributed by atoms with Crippen molar-refractivity contribution in [3.05, 3.63) is 63.3 Å². The Balaban J connectivity index is 1.81. The smallest absolute Gasteiger partial charge is 0.330 e. The van der Waals surface area contributed by atoms with Crippen LogP contribution in [0.5, 0.6) is 17.2 Å². The number of rotatable bonds is 7. The fraction of sp³-hybridized carbons (Fsp3) is 0.485. The second-order valence-corrected chi connectivity index (χ2v) is 12.8. The Bertz CT molecular complexity index is 1510. The molecule has 8 nitrogen and oxygen atoms in total. The molecule has 2 aliphatic heterocycles. The van der Waals surface area contributed by atoms with Crippen molar-refractivity contribution >= 4 is 17.5 Å². The van der Waals surface area contributed by atoms with Crippen molar-refractivity contribution in [2.75, 3.05) is 0 Å². The fourth-order valence-corrected chi connectivity index (χ4v) is 7.14. The molecule has 2 fully saturated rings. The number of phenols is 2. The van der Waals surface area contributed by atoms with Gasteiger partial charge in [0.05, 0.1) is 5.60 Å². The molecular weight excluding hydrogens is 524 g/mol. The van der Waals surface area contributed by atoms with Gasteiger partial charge >= 0.3 is 5.97 Å². The van der Waals surface area contributed by atoms with Crippen LogP contribution in [-0.4, -0.2) is 49.7 Å². The molecule has 1 aromatic carbocycles. The highest BCUT2D eigenvalue weighted by Gasteiger charge is 2.81. The zero-order valence-corrected chi connectivity index (χ0v) is 24.7. The molecule has 0 amide bonds. The number of hydrogen-bond donors (Lipinski definition) is 3. The number of allylic oxidation sites excluding steroid dienone is 5. The minimum Gasteiger partial charge on any atom is -0.507 e. The Morgan fingerprint density at radius 3 is 2.17 bits per heavy atom. The normalized spacial score (nSPS) is 28.9. The maximum atomic E-state index is 14.5. The Labute approximate surface area is 240 Å². The molecule has 41 heavy (non-hydrogen) atoms. The van der Waals surface area contributed by atoms with Gasteiger partial charge in [0.2, 0.25) is 0 Å². The number of ketones is 2. The minimum atomic E-state index is -1.65. The summed E-state index contributed by atoms with van der Waals surface area (Å²) in [5.74, 6) is -3.32. The van der Waals surface area contributed by atoms with E-state index in [2.05, 4.69) is 0 Å². The van der Waals surface area contributed by atoms with Crippen LogP contribution in [0.2, 0.25) is 0 Å². The highest BCUT2D eigenvalue weighted by atomic mass is 16.6. The van der Waals surface area contributed by atoms with Crippen molar-refractivity contribution in [2.24, 2.45) is 11.8 Å². The molecule has 1 spiro atoms. The number of carbonyl (C=O) groups excluding carboxylic acids is 2. The molecule has 4 atom stereocenters. The molecule has 3 aliphatic carbocycles. The largest absolute Gasteiger partial charge is 0.507 e. The maximum absolute atomic E-state index is 14.5. The third-order valence-corrected chi connectivity index (χ3v) is 9.15. The van der Waals surface area contributed by atoms with Gasteiger partial charge in [-0.1, -0.05) is 35.5 Å². The van der Waals surface area contributed by atoms with Crippen LogP contribution >= 0.6 is 0 Å². The third-order valence-electron chi connectivity index (χ3n) is 9.15. The monoisotopic (exact) mass is 562 g/mol. The average Bonchev–Trinajstić information content (AvgIpc) is 3.03. The summed E-state index contributed by atoms with van der Waals surface area (Å²) in [6, 6.07) is 0. The van der Waals surface area contributed by atoms with Gasteiger partial charge < -0.3 is 24.8 Å². The number of Topliss-reactive ketones (excluding diaryl/α,β-unsaturated/α-hetero) is 2. The summed E-state index contributed by atoms with van der Waals surface area (Å²) in [6.45, 7) is 12.8. The van der Waals surface area contributed by atoms with E-state index in [-0.39, 0.29) is 64.6 Å². The molecule has 218 valence electrons. The fourth-order valence-electron chi connectivity index (χ4n) is 7.14. The summed E-state index contributed by atoms with van der Waals surface area (Å²) in [7, 11) is 0. The number of phenolic OH excluding ortho intramolecular Hbond substituents is 2. The number of hydrogen-bond acceptors (Lipinski definition) is 7. The van der Waals surface area contributed by atoms with Crippen molar-refractivity contribution in [1.29, 1.82) is 0 Å². The number of carboxylic acid groups (broad SMARTS) is 1. The SMILES string of the molecule is CC(C)=CCc1c(O)c(CC=C(C)C)c2c(c1O)C(=O)C1=C[C@@H]3C[C@H]4C(C)(C)O[C@@](C/C=C(/C)C(=O)O)(C3=O)[C@@]14O2. The highest BCUT2D eigenvalue weighted by molar-refractivity contribution is 6.18. The van der Waals surface area contributed by atoms with Crippen molar-refractivity contribution in [2.45, 2.75) is 91.0 Å². The van der Waals surface area contributed by atoms with Gasteiger partial charge in [-0.05, 0) is 67.7 Å². The van der Waals surface area contributed by atoms with E-state index >= 15 is 0 Å². The number of aliphatic carboxylic acids is 1. The number of aromatic hydroxyl groups is 2. The maximum Gasteiger partial charge on any atom is 0.330 e. The van der Waals surface area contributed by atoms with Crippen LogP contribution < -0.4 is 4.74 Å². The molecule has 1 saturated carbocycles. The van der Waals surface area contributed by atoms with Crippen LogP contribution in [0.25, 0.3) is 0 Å². The van der Waals surface area contributed by atoms with E-state index in [1.54, 1.807) is 6.08 Å². The summed E-state index contributed by atoms with van der Waals surface area (Å²) >= 11 is 0. The summed E-state index contributed by atoms with van der Waals surface area (Å²) < 4.78 is 13.5. The molecule has 5 aliphatic rings. The standard InChI is InChI=1S/C33H38O8/c1-16(2)8-10-20-25(34)21(11-9-17(3)4)28-24(26(20)35)27(36)22-14-19-15-23-31(6,7)41-32(29(19)37,33(22,23)40-28)13-12-18(5)30(38)39/h8-9,12,14,19,23,34-35H,10-11,13,15H2,1-7H3,(H,38,39)/b18-12-/t19-,23+,32+,33-/m1/s1. The first-order chi connectivity index (χ1) is 19.1. The quantitative estimate of drug-likeness (QED) is 0.292. The highest BCUT2D eigenvalue weighted by Crippen LogP contribution is 2.68. The number of fused-ring (bicyclic) bond motifs is 1. The lowest BCUT2D eigenvalue weighted by molar-refractivity contribution is -0.171. The molecule has 1 saturated heterocycles. The molecular formula is C33H38O8. The average molecular weight is 563 g/mol. The zero-order chi connectivity index (χ0) is 30.2. The molecule has 8 heteroatoms.